The lowest BCUT2D eigenvalue weighted by molar-refractivity contribution is 0.143. The van der Waals surface area contributed by atoms with Gasteiger partial charge < -0.3 is 0 Å². The molecule has 4 aromatic rings. The van der Waals surface area contributed by atoms with E-state index < -0.39 is 0 Å². The van der Waals surface area contributed by atoms with Crippen molar-refractivity contribution in [1.29, 1.82) is 0 Å². The third kappa shape index (κ3) is 4.75. The van der Waals surface area contributed by atoms with E-state index in [1.807, 2.05) is 29.2 Å². The molecule has 5 rings (SSSR count). The average molecular weight is 425 g/mol. The highest BCUT2D eigenvalue weighted by molar-refractivity contribution is 5.23. The number of aromatic nitrogens is 5. The van der Waals surface area contributed by atoms with Gasteiger partial charge in [-0.2, -0.15) is 0 Å². The van der Waals surface area contributed by atoms with Crippen molar-refractivity contribution in [2.24, 2.45) is 5.92 Å². The quantitative estimate of drug-likeness (QED) is 0.446. The average Bonchev–Trinajstić information content (AvgIpc) is 3.30. The third-order valence-corrected chi connectivity index (χ3v) is 6.36. The zero-order valence-corrected chi connectivity index (χ0v) is 18.2. The van der Waals surface area contributed by atoms with Gasteiger partial charge in [0.05, 0.1) is 12.6 Å². The van der Waals surface area contributed by atoms with Gasteiger partial charge in [0.15, 0.2) is 5.82 Å². The van der Waals surface area contributed by atoms with Gasteiger partial charge in [-0.05, 0) is 71.5 Å². The van der Waals surface area contributed by atoms with Gasteiger partial charge in [0.2, 0.25) is 0 Å². The molecule has 2 aromatic carbocycles. The monoisotopic (exact) mass is 424 g/mol. The maximum atomic E-state index is 4.48. The fourth-order valence-electron chi connectivity index (χ4n) is 4.70. The van der Waals surface area contributed by atoms with Crippen LogP contribution in [0.15, 0.2) is 85.2 Å². The molecule has 3 heterocycles. The molecule has 0 unspecified atom stereocenters. The standard InChI is InChI=1S/C26H28N6/c1-3-8-21(9-4-1)18-22-13-16-31(17-14-22)25(24-12-7-15-27-19-24)26-28-29-30-32(26)20-23-10-5-2-6-11-23/h1-12,15,19,22,25H,13-14,16-18,20H2/t25-/m1/s1. The summed E-state index contributed by atoms with van der Waals surface area (Å²) in [6.07, 6.45) is 7.26. The number of likely N-dealkylation sites (tertiary alicyclic amines) is 1. The summed E-state index contributed by atoms with van der Waals surface area (Å²) in [5.74, 6) is 1.59. The van der Waals surface area contributed by atoms with Crippen molar-refractivity contribution < 1.29 is 0 Å². The van der Waals surface area contributed by atoms with E-state index in [9.17, 15) is 0 Å². The molecule has 162 valence electrons. The summed E-state index contributed by atoms with van der Waals surface area (Å²) < 4.78 is 1.93. The van der Waals surface area contributed by atoms with Crippen LogP contribution in [0.5, 0.6) is 0 Å². The first-order chi connectivity index (χ1) is 15.9. The number of benzene rings is 2. The summed E-state index contributed by atoms with van der Waals surface area (Å²) >= 11 is 0. The summed E-state index contributed by atoms with van der Waals surface area (Å²) in [6.45, 7) is 2.70. The Bertz CT molecular complexity index is 1090. The minimum atomic E-state index is 0.0000810. The Hall–Kier alpha value is -3.38. The predicted octanol–water partition coefficient (Wildman–Crippen LogP) is 4.16. The SMILES string of the molecule is c1ccc(CC2CCN([C@H](c3cccnc3)c3nnnn3Cc3ccccc3)CC2)cc1. The Morgan fingerprint density at radius 3 is 2.25 bits per heavy atom. The van der Waals surface area contributed by atoms with Crippen LogP contribution in [0.4, 0.5) is 0 Å². The molecule has 1 atom stereocenters. The van der Waals surface area contributed by atoms with Crippen molar-refractivity contribution in [3.05, 3.63) is 108 Å². The van der Waals surface area contributed by atoms with Crippen LogP contribution in [0.25, 0.3) is 0 Å². The first kappa shape index (κ1) is 20.5. The highest BCUT2D eigenvalue weighted by Crippen LogP contribution is 2.32. The summed E-state index contributed by atoms with van der Waals surface area (Å²) in [4.78, 5) is 6.91. The lowest BCUT2D eigenvalue weighted by Crippen LogP contribution is -2.39. The van der Waals surface area contributed by atoms with Gasteiger partial charge in [-0.15, -0.1) is 5.10 Å². The highest BCUT2D eigenvalue weighted by atomic mass is 15.5. The zero-order chi connectivity index (χ0) is 21.6. The summed E-state index contributed by atoms with van der Waals surface area (Å²) in [5.41, 5.74) is 3.76. The van der Waals surface area contributed by atoms with Crippen LogP contribution in [0, 0.1) is 5.92 Å². The van der Waals surface area contributed by atoms with Crippen molar-refractivity contribution in [1.82, 2.24) is 30.1 Å². The molecule has 2 aromatic heterocycles. The second kappa shape index (κ2) is 9.83. The molecule has 1 fully saturated rings. The predicted molar refractivity (Wildman–Crippen MR) is 124 cm³/mol. The van der Waals surface area contributed by atoms with E-state index in [0.29, 0.717) is 12.5 Å². The second-order valence-corrected chi connectivity index (χ2v) is 8.54. The van der Waals surface area contributed by atoms with Crippen LogP contribution in [0.3, 0.4) is 0 Å². The van der Waals surface area contributed by atoms with E-state index in [-0.39, 0.29) is 6.04 Å². The molecule has 6 heteroatoms. The van der Waals surface area contributed by atoms with E-state index in [0.717, 1.165) is 30.9 Å². The summed E-state index contributed by atoms with van der Waals surface area (Å²) in [7, 11) is 0. The Balaban J connectivity index is 1.36. The highest BCUT2D eigenvalue weighted by Gasteiger charge is 2.31. The molecule has 0 bridgehead atoms. The molecule has 0 N–H and O–H groups in total. The van der Waals surface area contributed by atoms with Crippen molar-refractivity contribution in [2.75, 3.05) is 13.1 Å². The normalized spacial score (nSPS) is 16.1. The van der Waals surface area contributed by atoms with E-state index >= 15 is 0 Å². The number of hydrogen-bond donors (Lipinski definition) is 0. The number of pyridine rings is 1. The maximum Gasteiger partial charge on any atom is 0.173 e. The van der Waals surface area contributed by atoms with Crippen molar-refractivity contribution in [3.8, 4) is 0 Å². The molecule has 6 nitrogen and oxygen atoms in total. The number of rotatable bonds is 7. The van der Waals surface area contributed by atoms with Crippen molar-refractivity contribution in [2.45, 2.75) is 31.8 Å². The molecule has 0 spiro atoms. The lowest BCUT2D eigenvalue weighted by Gasteiger charge is -2.37. The molecule has 0 radical (unpaired) electrons. The maximum absolute atomic E-state index is 4.48. The van der Waals surface area contributed by atoms with Crippen LogP contribution < -0.4 is 0 Å². The van der Waals surface area contributed by atoms with Crippen molar-refractivity contribution in [3.63, 3.8) is 0 Å². The van der Waals surface area contributed by atoms with Crippen LogP contribution in [0.1, 0.15) is 41.4 Å². The van der Waals surface area contributed by atoms with Gasteiger partial charge in [0.25, 0.3) is 0 Å². The number of piperidine rings is 1. The van der Waals surface area contributed by atoms with Gasteiger partial charge >= 0.3 is 0 Å². The second-order valence-electron chi connectivity index (χ2n) is 8.54. The Morgan fingerprint density at radius 2 is 1.56 bits per heavy atom. The van der Waals surface area contributed by atoms with Gasteiger partial charge in [-0.1, -0.05) is 66.7 Å². The summed E-state index contributed by atoms with van der Waals surface area (Å²) in [5, 5.41) is 12.9. The smallest absolute Gasteiger partial charge is 0.173 e. The Morgan fingerprint density at radius 1 is 0.844 bits per heavy atom. The van der Waals surface area contributed by atoms with Gasteiger partial charge in [-0.25, -0.2) is 4.68 Å². The third-order valence-electron chi connectivity index (χ3n) is 6.36. The van der Waals surface area contributed by atoms with Gasteiger partial charge in [0, 0.05) is 12.4 Å². The molecular formula is C26H28N6. The fraction of sp³-hybridized carbons (Fsp3) is 0.308. The molecule has 1 saturated heterocycles. The van der Waals surface area contributed by atoms with Crippen LogP contribution in [-0.2, 0) is 13.0 Å². The van der Waals surface area contributed by atoms with Crippen LogP contribution in [-0.4, -0.2) is 43.2 Å². The number of hydrogen-bond acceptors (Lipinski definition) is 5. The van der Waals surface area contributed by atoms with Crippen LogP contribution >= 0.6 is 0 Å². The first-order valence-electron chi connectivity index (χ1n) is 11.3. The zero-order valence-electron chi connectivity index (χ0n) is 18.2. The fourth-order valence-corrected chi connectivity index (χ4v) is 4.70. The van der Waals surface area contributed by atoms with E-state index in [4.69, 9.17) is 0 Å². The molecular weight excluding hydrogens is 396 g/mol. The topological polar surface area (TPSA) is 59.7 Å². The molecule has 0 saturated carbocycles. The summed E-state index contributed by atoms with van der Waals surface area (Å²) in [6, 6.07) is 25.3. The van der Waals surface area contributed by atoms with Gasteiger partial charge in [0.1, 0.15) is 0 Å². The minimum absolute atomic E-state index is 0.0000810. The number of nitrogens with zero attached hydrogens (tertiary/aromatic N) is 6. The molecule has 0 amide bonds. The minimum Gasteiger partial charge on any atom is -0.290 e. The van der Waals surface area contributed by atoms with Crippen LogP contribution in [0.2, 0.25) is 0 Å². The molecule has 32 heavy (non-hydrogen) atoms. The van der Waals surface area contributed by atoms with E-state index in [1.165, 1.54) is 24.0 Å². The van der Waals surface area contributed by atoms with E-state index in [1.54, 1.807) is 0 Å². The number of tetrazole rings is 1. The largest absolute Gasteiger partial charge is 0.290 e. The molecule has 0 aliphatic carbocycles. The molecule has 1 aliphatic rings. The Kier molecular flexibility index (Phi) is 6.30. The molecule has 1 aliphatic heterocycles. The van der Waals surface area contributed by atoms with E-state index in [2.05, 4.69) is 86.1 Å². The Labute approximate surface area is 188 Å². The van der Waals surface area contributed by atoms with Crippen molar-refractivity contribution >= 4 is 0 Å². The lowest BCUT2D eigenvalue weighted by atomic mass is 9.89. The van der Waals surface area contributed by atoms with Gasteiger partial charge in [-0.3, -0.25) is 9.88 Å². The first-order valence-corrected chi connectivity index (χ1v) is 11.3.